The third kappa shape index (κ3) is 4.97. The van der Waals surface area contributed by atoms with E-state index in [-0.39, 0.29) is 0 Å². The molecule has 2 heteroatoms. The van der Waals surface area contributed by atoms with Crippen molar-refractivity contribution < 1.29 is 4.74 Å². The van der Waals surface area contributed by atoms with Crippen LogP contribution in [-0.2, 0) is 4.74 Å². The van der Waals surface area contributed by atoms with E-state index >= 15 is 0 Å². The van der Waals surface area contributed by atoms with Crippen LogP contribution in [0.2, 0.25) is 0 Å². The summed E-state index contributed by atoms with van der Waals surface area (Å²) < 4.78 is 5.02. The van der Waals surface area contributed by atoms with Gasteiger partial charge in [0.05, 0.1) is 6.61 Å². The standard InChI is InChI=1S/C12H25NO/c1-10(2)8-12(11-4-5-11)9-13-6-7-14-3/h10-13H,4-9H2,1-3H3. The van der Waals surface area contributed by atoms with Gasteiger partial charge in [-0.15, -0.1) is 0 Å². The largest absolute Gasteiger partial charge is 0.383 e. The van der Waals surface area contributed by atoms with Crippen LogP contribution in [0, 0.1) is 17.8 Å². The molecule has 1 aliphatic carbocycles. The van der Waals surface area contributed by atoms with Crippen LogP contribution >= 0.6 is 0 Å². The fraction of sp³-hybridized carbons (Fsp3) is 1.00. The molecule has 0 saturated heterocycles. The molecule has 1 rings (SSSR count). The Morgan fingerprint density at radius 3 is 2.57 bits per heavy atom. The lowest BCUT2D eigenvalue weighted by Crippen LogP contribution is -2.28. The molecule has 0 spiro atoms. The molecule has 1 unspecified atom stereocenters. The van der Waals surface area contributed by atoms with E-state index in [4.69, 9.17) is 4.74 Å². The van der Waals surface area contributed by atoms with Crippen molar-refractivity contribution >= 4 is 0 Å². The predicted molar refractivity (Wildman–Crippen MR) is 60.4 cm³/mol. The van der Waals surface area contributed by atoms with E-state index in [1.807, 2.05) is 0 Å². The van der Waals surface area contributed by atoms with Crippen molar-refractivity contribution in [2.24, 2.45) is 17.8 Å². The number of hydrogen-bond acceptors (Lipinski definition) is 2. The Balaban J connectivity index is 2.09. The van der Waals surface area contributed by atoms with Gasteiger partial charge in [-0.3, -0.25) is 0 Å². The molecule has 0 aromatic heterocycles. The molecule has 0 aromatic carbocycles. The lowest BCUT2D eigenvalue weighted by Gasteiger charge is -2.18. The Morgan fingerprint density at radius 1 is 1.36 bits per heavy atom. The minimum atomic E-state index is 0.832. The van der Waals surface area contributed by atoms with E-state index in [0.717, 1.165) is 30.9 Å². The fourth-order valence-electron chi connectivity index (χ4n) is 2.08. The summed E-state index contributed by atoms with van der Waals surface area (Å²) in [5, 5.41) is 3.49. The molecule has 0 radical (unpaired) electrons. The van der Waals surface area contributed by atoms with E-state index in [1.54, 1.807) is 7.11 Å². The van der Waals surface area contributed by atoms with Crippen LogP contribution in [0.1, 0.15) is 33.1 Å². The summed E-state index contributed by atoms with van der Waals surface area (Å²) in [6, 6.07) is 0. The second-order valence-corrected chi connectivity index (χ2v) is 4.92. The van der Waals surface area contributed by atoms with Gasteiger partial charge < -0.3 is 10.1 Å². The Bertz CT molecular complexity index is 143. The highest BCUT2D eigenvalue weighted by Gasteiger charge is 2.30. The molecular formula is C12H25NO. The summed E-state index contributed by atoms with van der Waals surface area (Å²) in [6.07, 6.45) is 4.30. The highest BCUT2D eigenvalue weighted by Crippen LogP contribution is 2.39. The first-order valence-electron chi connectivity index (χ1n) is 5.93. The summed E-state index contributed by atoms with van der Waals surface area (Å²) >= 11 is 0. The molecule has 1 fully saturated rings. The van der Waals surface area contributed by atoms with Crippen molar-refractivity contribution in [1.29, 1.82) is 0 Å². The van der Waals surface area contributed by atoms with Gasteiger partial charge >= 0.3 is 0 Å². The fourth-order valence-corrected chi connectivity index (χ4v) is 2.08. The van der Waals surface area contributed by atoms with Crippen molar-refractivity contribution in [2.45, 2.75) is 33.1 Å². The molecule has 1 atom stereocenters. The number of hydrogen-bond donors (Lipinski definition) is 1. The van der Waals surface area contributed by atoms with Crippen LogP contribution in [0.25, 0.3) is 0 Å². The third-order valence-electron chi connectivity index (χ3n) is 2.95. The first-order valence-corrected chi connectivity index (χ1v) is 5.93. The van der Waals surface area contributed by atoms with Crippen LogP contribution in [-0.4, -0.2) is 26.8 Å². The van der Waals surface area contributed by atoms with Gasteiger partial charge in [-0.2, -0.15) is 0 Å². The van der Waals surface area contributed by atoms with Gasteiger partial charge in [0, 0.05) is 13.7 Å². The molecule has 1 N–H and O–H groups in total. The van der Waals surface area contributed by atoms with Crippen LogP contribution in [0.4, 0.5) is 0 Å². The molecule has 0 bridgehead atoms. The zero-order valence-corrected chi connectivity index (χ0v) is 9.88. The topological polar surface area (TPSA) is 21.3 Å². The Hall–Kier alpha value is -0.0800. The van der Waals surface area contributed by atoms with E-state index in [1.165, 1.54) is 25.8 Å². The van der Waals surface area contributed by atoms with Crippen molar-refractivity contribution in [2.75, 3.05) is 26.8 Å². The van der Waals surface area contributed by atoms with Crippen LogP contribution in [0.3, 0.4) is 0 Å². The summed E-state index contributed by atoms with van der Waals surface area (Å²) in [6.45, 7) is 7.66. The summed E-state index contributed by atoms with van der Waals surface area (Å²) in [5.74, 6) is 2.77. The van der Waals surface area contributed by atoms with Crippen LogP contribution < -0.4 is 5.32 Å². The Kier molecular flexibility index (Phi) is 5.49. The number of nitrogens with one attached hydrogen (secondary N) is 1. The molecule has 14 heavy (non-hydrogen) atoms. The van der Waals surface area contributed by atoms with Crippen LogP contribution in [0.5, 0.6) is 0 Å². The maximum absolute atomic E-state index is 5.02. The molecular weight excluding hydrogens is 174 g/mol. The summed E-state index contributed by atoms with van der Waals surface area (Å²) in [5.41, 5.74) is 0. The van der Waals surface area contributed by atoms with Gasteiger partial charge in [0.2, 0.25) is 0 Å². The van der Waals surface area contributed by atoms with Crippen molar-refractivity contribution in [3.05, 3.63) is 0 Å². The third-order valence-corrected chi connectivity index (χ3v) is 2.95. The highest BCUT2D eigenvalue weighted by atomic mass is 16.5. The van der Waals surface area contributed by atoms with E-state index in [2.05, 4.69) is 19.2 Å². The monoisotopic (exact) mass is 199 g/mol. The smallest absolute Gasteiger partial charge is 0.0587 e. The molecule has 0 aliphatic heterocycles. The van der Waals surface area contributed by atoms with Gasteiger partial charge in [0.1, 0.15) is 0 Å². The summed E-state index contributed by atoms with van der Waals surface area (Å²) in [4.78, 5) is 0. The van der Waals surface area contributed by atoms with E-state index in [0.29, 0.717) is 0 Å². The van der Waals surface area contributed by atoms with Gasteiger partial charge in [-0.1, -0.05) is 13.8 Å². The van der Waals surface area contributed by atoms with Crippen molar-refractivity contribution in [3.8, 4) is 0 Å². The molecule has 1 aliphatic rings. The average molecular weight is 199 g/mol. The molecule has 0 aromatic rings. The summed E-state index contributed by atoms with van der Waals surface area (Å²) in [7, 11) is 1.76. The van der Waals surface area contributed by atoms with Gasteiger partial charge in [0.15, 0.2) is 0 Å². The minimum Gasteiger partial charge on any atom is -0.383 e. The minimum absolute atomic E-state index is 0.832. The predicted octanol–water partition coefficient (Wildman–Crippen LogP) is 2.29. The van der Waals surface area contributed by atoms with Gasteiger partial charge in [-0.25, -0.2) is 0 Å². The number of ether oxygens (including phenoxy) is 1. The SMILES string of the molecule is COCCNCC(CC(C)C)C1CC1. The Labute approximate surface area is 88.4 Å². The first-order chi connectivity index (χ1) is 6.74. The lowest BCUT2D eigenvalue weighted by molar-refractivity contribution is 0.196. The van der Waals surface area contributed by atoms with Crippen molar-refractivity contribution in [3.63, 3.8) is 0 Å². The second-order valence-electron chi connectivity index (χ2n) is 4.92. The maximum Gasteiger partial charge on any atom is 0.0587 e. The molecule has 0 amide bonds. The molecule has 2 nitrogen and oxygen atoms in total. The number of methoxy groups -OCH3 is 1. The molecule has 1 saturated carbocycles. The molecule has 84 valence electrons. The zero-order valence-electron chi connectivity index (χ0n) is 9.88. The van der Waals surface area contributed by atoms with Gasteiger partial charge in [0.25, 0.3) is 0 Å². The average Bonchev–Trinajstić information content (AvgIpc) is 2.92. The van der Waals surface area contributed by atoms with E-state index in [9.17, 15) is 0 Å². The second kappa shape index (κ2) is 6.41. The van der Waals surface area contributed by atoms with Crippen LogP contribution in [0.15, 0.2) is 0 Å². The Morgan fingerprint density at radius 2 is 2.07 bits per heavy atom. The quantitative estimate of drug-likeness (QED) is 0.606. The lowest BCUT2D eigenvalue weighted by atomic mass is 9.93. The normalized spacial score (nSPS) is 18.9. The number of rotatable bonds is 8. The van der Waals surface area contributed by atoms with Gasteiger partial charge in [-0.05, 0) is 43.6 Å². The van der Waals surface area contributed by atoms with E-state index < -0.39 is 0 Å². The molecule has 0 heterocycles. The highest BCUT2D eigenvalue weighted by molar-refractivity contribution is 4.83. The maximum atomic E-state index is 5.02. The first kappa shape index (κ1) is 12.0. The zero-order chi connectivity index (χ0) is 10.4. The van der Waals surface area contributed by atoms with Crippen molar-refractivity contribution in [1.82, 2.24) is 5.32 Å².